The number of rotatable bonds is 8. The molecule has 0 bridgehead atoms. The Morgan fingerprint density at radius 2 is 1.23 bits per heavy atom. The van der Waals surface area contributed by atoms with E-state index >= 15 is 0 Å². The Balaban J connectivity index is 0.000000205. The van der Waals surface area contributed by atoms with Gasteiger partial charge in [-0.1, -0.05) is 34.6 Å². The van der Waals surface area contributed by atoms with Gasteiger partial charge in [0.2, 0.25) is 5.76 Å². The summed E-state index contributed by atoms with van der Waals surface area (Å²) in [5.41, 5.74) is 4.33. The van der Waals surface area contributed by atoms with Gasteiger partial charge in [-0.15, -0.1) is 0 Å². The minimum atomic E-state index is -1.14. The second-order valence-corrected chi connectivity index (χ2v) is 18.3. The van der Waals surface area contributed by atoms with E-state index in [4.69, 9.17) is 18.9 Å². The van der Waals surface area contributed by atoms with Crippen LogP contribution in [0.1, 0.15) is 106 Å². The SMILES string of the molecule is CC1(c2nc(-c3ccc(F)cc3)nc3cc(C(=O)O)oc23)CC1.C[C@H]1CN(C(=O)c2cc3nc(-c4ccc(F)cc4)nc(C4(C)CC4)c3o2)CCN1C(=O)[C@H](O)CC(C)(C)C.N. The van der Waals surface area contributed by atoms with Crippen molar-refractivity contribution in [3.05, 3.63) is 95.2 Å². The number of carboxylic acid groups (broad SMARTS) is 1. The highest BCUT2D eigenvalue weighted by atomic mass is 19.1. The van der Waals surface area contributed by atoms with E-state index in [0.29, 0.717) is 76.7 Å². The summed E-state index contributed by atoms with van der Waals surface area (Å²) in [6.45, 7) is 13.0. The molecule has 2 atom stereocenters. The number of fused-ring (bicyclic) bond motifs is 2. The van der Waals surface area contributed by atoms with Crippen LogP contribution in [-0.2, 0) is 15.6 Å². The van der Waals surface area contributed by atoms with Gasteiger partial charge in [-0.3, -0.25) is 9.59 Å². The average molecular weight is 852 g/mol. The third kappa shape index (κ3) is 8.93. The van der Waals surface area contributed by atoms with E-state index in [9.17, 15) is 28.3 Å². The second-order valence-electron chi connectivity index (χ2n) is 18.3. The number of halogens is 2. The minimum absolute atomic E-state index is 0. The van der Waals surface area contributed by atoms with Crippen LogP contribution in [0.4, 0.5) is 8.78 Å². The fraction of sp³-hybridized carbons (Fsp3) is 0.413. The Kier molecular flexibility index (Phi) is 11.5. The maximum absolute atomic E-state index is 13.5. The van der Waals surface area contributed by atoms with Gasteiger partial charge in [0, 0.05) is 59.8 Å². The van der Waals surface area contributed by atoms with Crippen LogP contribution in [-0.4, -0.2) is 89.5 Å². The summed E-state index contributed by atoms with van der Waals surface area (Å²) in [5, 5.41) is 19.6. The molecule has 2 aromatic carbocycles. The topological polar surface area (TPSA) is 211 Å². The molecule has 0 radical (unpaired) electrons. The zero-order valence-corrected chi connectivity index (χ0v) is 35.7. The van der Waals surface area contributed by atoms with E-state index < -0.39 is 12.1 Å². The molecule has 2 amide bonds. The van der Waals surface area contributed by atoms with Crippen molar-refractivity contribution >= 4 is 40.0 Å². The Labute approximate surface area is 357 Å². The number of aromatic carboxylic acids is 1. The molecular formula is C46H51F2N7O7. The summed E-state index contributed by atoms with van der Waals surface area (Å²) in [6.07, 6.45) is 3.15. The van der Waals surface area contributed by atoms with Crippen molar-refractivity contribution < 1.29 is 42.2 Å². The number of hydrogen-bond donors (Lipinski definition) is 3. The van der Waals surface area contributed by atoms with Crippen molar-refractivity contribution in [2.75, 3.05) is 19.6 Å². The van der Waals surface area contributed by atoms with Crippen molar-refractivity contribution in [2.45, 2.75) is 96.6 Å². The van der Waals surface area contributed by atoms with Crippen LogP contribution in [0.2, 0.25) is 0 Å². The van der Waals surface area contributed by atoms with Crippen LogP contribution >= 0.6 is 0 Å². The standard InChI is InChI=1S/C29H35FN4O4.C17H13FN2O3.H3N/c1-17-16-33(12-13-34(17)26(36)21(35)15-28(2,3)4)27(37)22-14-20-23(38-22)24(29(5)10-11-29)32-25(31-20)18-6-8-19(30)9-7-18;1-17(6-7-17)14-13-11(8-12(23-13)16(21)22)19-15(20-14)9-2-4-10(18)5-3-9;/h6-9,14,17,21,35H,10-13,15-16H2,1-5H3;2-5,8H,6-7H2,1H3,(H,21,22);1H3/t17-,21+;;/m0../s1. The number of hydrogen-bond acceptors (Lipinski definition) is 11. The summed E-state index contributed by atoms with van der Waals surface area (Å²) >= 11 is 0. The molecule has 62 heavy (non-hydrogen) atoms. The molecule has 326 valence electrons. The van der Waals surface area contributed by atoms with Crippen LogP contribution in [0.15, 0.2) is 69.5 Å². The van der Waals surface area contributed by atoms with Gasteiger partial charge in [0.1, 0.15) is 28.8 Å². The number of carbonyl (C=O) groups excluding carboxylic acids is 2. The quantitative estimate of drug-likeness (QED) is 0.132. The van der Waals surface area contributed by atoms with Crippen molar-refractivity contribution in [1.29, 1.82) is 0 Å². The first-order valence-corrected chi connectivity index (χ1v) is 20.5. The number of nitrogens with zero attached hydrogens (tertiary/aromatic N) is 6. The number of aliphatic hydroxyl groups is 1. The highest BCUT2D eigenvalue weighted by molar-refractivity contribution is 5.96. The summed E-state index contributed by atoms with van der Waals surface area (Å²) in [4.78, 5) is 59.2. The number of furan rings is 2. The second kappa shape index (κ2) is 16.3. The van der Waals surface area contributed by atoms with Crippen molar-refractivity contribution in [3.8, 4) is 22.8 Å². The fourth-order valence-electron chi connectivity index (χ4n) is 7.68. The number of amides is 2. The summed E-state index contributed by atoms with van der Waals surface area (Å²) in [6, 6.07) is 14.7. The number of carboxylic acids is 1. The first-order chi connectivity index (χ1) is 28.8. The third-order valence-electron chi connectivity index (χ3n) is 11.8. The van der Waals surface area contributed by atoms with E-state index in [1.165, 1.54) is 30.3 Å². The number of aliphatic hydroxyl groups excluding tert-OH is 1. The maximum atomic E-state index is 13.5. The largest absolute Gasteiger partial charge is 0.475 e. The van der Waals surface area contributed by atoms with Crippen LogP contribution in [0.3, 0.4) is 0 Å². The molecule has 0 unspecified atom stereocenters. The molecular weight excluding hydrogens is 801 g/mol. The first kappa shape index (κ1) is 43.9. The van der Waals surface area contributed by atoms with E-state index in [2.05, 4.69) is 28.8 Å². The lowest BCUT2D eigenvalue weighted by molar-refractivity contribution is -0.145. The first-order valence-electron chi connectivity index (χ1n) is 20.5. The number of aromatic nitrogens is 4. The molecule has 3 fully saturated rings. The Bertz CT molecular complexity index is 2660. The van der Waals surface area contributed by atoms with Gasteiger partial charge in [0.05, 0.1) is 11.4 Å². The molecule has 4 aromatic heterocycles. The molecule has 14 nitrogen and oxygen atoms in total. The molecule has 0 spiro atoms. The Hall–Kier alpha value is -6.13. The lowest BCUT2D eigenvalue weighted by Crippen LogP contribution is -2.57. The molecule has 6 aromatic rings. The molecule has 9 rings (SSSR count). The summed E-state index contributed by atoms with van der Waals surface area (Å²) in [5.74, 6) is -1.44. The van der Waals surface area contributed by atoms with Crippen LogP contribution < -0.4 is 6.15 Å². The lowest BCUT2D eigenvalue weighted by Gasteiger charge is -2.40. The van der Waals surface area contributed by atoms with E-state index in [-0.39, 0.29) is 63.4 Å². The van der Waals surface area contributed by atoms with Crippen molar-refractivity contribution in [2.24, 2.45) is 5.41 Å². The zero-order chi connectivity index (χ0) is 43.6. The average Bonchev–Trinajstić information content (AvgIpc) is 4.04. The van der Waals surface area contributed by atoms with Gasteiger partial charge in [0.15, 0.2) is 28.6 Å². The zero-order valence-electron chi connectivity index (χ0n) is 35.7. The van der Waals surface area contributed by atoms with Gasteiger partial charge >= 0.3 is 5.97 Å². The van der Waals surface area contributed by atoms with Crippen LogP contribution in [0.25, 0.3) is 45.0 Å². The predicted octanol–water partition coefficient (Wildman–Crippen LogP) is 8.49. The summed E-state index contributed by atoms with van der Waals surface area (Å²) in [7, 11) is 0. The molecule has 2 aliphatic carbocycles. The number of benzene rings is 2. The van der Waals surface area contributed by atoms with Crippen molar-refractivity contribution in [1.82, 2.24) is 35.9 Å². The Morgan fingerprint density at radius 1 is 0.774 bits per heavy atom. The summed E-state index contributed by atoms with van der Waals surface area (Å²) < 4.78 is 38.1. The molecule has 5 N–H and O–H groups in total. The lowest BCUT2D eigenvalue weighted by atomic mass is 9.88. The smallest absolute Gasteiger partial charge is 0.371 e. The number of carbonyl (C=O) groups is 3. The normalized spacial score (nSPS) is 18.1. The van der Waals surface area contributed by atoms with E-state index in [1.807, 2.05) is 27.7 Å². The maximum Gasteiger partial charge on any atom is 0.371 e. The minimum Gasteiger partial charge on any atom is -0.475 e. The van der Waals surface area contributed by atoms with Crippen LogP contribution in [0.5, 0.6) is 0 Å². The highest BCUT2D eigenvalue weighted by Gasteiger charge is 2.45. The number of piperazine rings is 1. The van der Waals surface area contributed by atoms with E-state index in [1.54, 1.807) is 40.1 Å². The van der Waals surface area contributed by atoms with Gasteiger partial charge in [-0.25, -0.2) is 33.5 Å². The van der Waals surface area contributed by atoms with Gasteiger partial charge in [0.25, 0.3) is 11.8 Å². The highest BCUT2D eigenvalue weighted by Crippen LogP contribution is 2.50. The molecule has 5 heterocycles. The van der Waals surface area contributed by atoms with Gasteiger partial charge in [-0.05, 0) is 93.0 Å². The predicted molar refractivity (Wildman–Crippen MR) is 227 cm³/mol. The molecule has 3 aliphatic rings. The monoisotopic (exact) mass is 851 g/mol. The fourth-order valence-corrected chi connectivity index (χ4v) is 7.68. The van der Waals surface area contributed by atoms with E-state index in [0.717, 1.165) is 31.4 Å². The Morgan fingerprint density at radius 3 is 1.65 bits per heavy atom. The van der Waals surface area contributed by atoms with Gasteiger partial charge in [-0.2, -0.15) is 0 Å². The van der Waals surface area contributed by atoms with Crippen molar-refractivity contribution in [3.63, 3.8) is 0 Å². The third-order valence-corrected chi connectivity index (χ3v) is 11.8. The van der Waals surface area contributed by atoms with Gasteiger partial charge < -0.3 is 35.0 Å². The molecule has 1 saturated heterocycles. The molecule has 16 heteroatoms. The molecule has 2 saturated carbocycles. The van der Waals surface area contributed by atoms with Crippen LogP contribution in [0, 0.1) is 17.0 Å². The molecule has 1 aliphatic heterocycles.